The van der Waals surface area contributed by atoms with Crippen LogP contribution in [0.3, 0.4) is 0 Å². The summed E-state index contributed by atoms with van der Waals surface area (Å²) in [7, 11) is 0. The highest BCUT2D eigenvalue weighted by molar-refractivity contribution is 5.76. The Morgan fingerprint density at radius 1 is 0.333 bits per heavy atom. The molecule has 0 aromatic heterocycles. The van der Waals surface area contributed by atoms with E-state index in [0.717, 1.165) is 70.6 Å². The number of hydrogen-bond donors (Lipinski definition) is 3. The smallest absolute Gasteiger partial charge is 0.220 e. The fourth-order valence-corrected chi connectivity index (χ4v) is 9.87. The average Bonchev–Trinajstić information content (AvgIpc) is 3.41. The predicted octanol–water partition coefficient (Wildman–Crippen LogP) is 22.4. The van der Waals surface area contributed by atoms with Gasteiger partial charge in [-0.2, -0.15) is 0 Å². The van der Waals surface area contributed by atoms with Gasteiger partial charge in [-0.25, -0.2) is 0 Å². The highest BCUT2D eigenvalue weighted by atomic mass is 16.3. The molecule has 3 N–H and O–H groups in total. The Hall–Kier alpha value is -2.69. The molecule has 2 unspecified atom stereocenters. The second-order valence-electron chi connectivity index (χ2n) is 22.2. The lowest BCUT2D eigenvalue weighted by molar-refractivity contribution is -0.123. The van der Waals surface area contributed by atoms with Crippen molar-refractivity contribution < 1.29 is 15.0 Å². The first kappa shape index (κ1) is 72.3. The van der Waals surface area contributed by atoms with Crippen LogP contribution in [0.25, 0.3) is 0 Å². The van der Waals surface area contributed by atoms with E-state index in [1.54, 1.807) is 6.08 Å². The van der Waals surface area contributed by atoms with Crippen LogP contribution in [-0.2, 0) is 4.79 Å². The maximum absolute atomic E-state index is 12.5. The Morgan fingerprint density at radius 2 is 0.587 bits per heavy atom. The quantitative estimate of drug-likeness (QED) is 0.0420. The third-order valence-corrected chi connectivity index (χ3v) is 14.8. The lowest BCUT2D eigenvalue weighted by atomic mass is 10.0. The molecule has 434 valence electrons. The van der Waals surface area contributed by atoms with Crippen molar-refractivity contribution in [1.82, 2.24) is 5.32 Å². The van der Waals surface area contributed by atoms with Gasteiger partial charge in [0.1, 0.15) is 0 Å². The standard InChI is InChI=1S/C71H127NO3/c1-3-5-7-9-11-13-15-17-19-21-23-25-27-29-31-33-35-36-37-39-41-43-45-47-49-51-53-55-57-59-61-63-65-67-71(75)72-69(68-73)70(74)66-64-62-60-58-56-54-52-50-48-46-44-42-40-38-34-32-30-28-26-24-22-20-18-16-14-12-10-8-6-4-2/h5,7,11,13,17,19,23,25,29,31,35-36,39,41,64,66,69-70,73-74H,3-4,6,8-10,12,14-16,18,20-22,24,26-28,30,32-34,37-38,40,42-63,65,67-68H2,1-2H3,(H,72,75)/b7-5-,13-11-,19-17-,25-23-,31-29-,36-35-,41-39-,66-64+. The topological polar surface area (TPSA) is 69.6 Å². The van der Waals surface area contributed by atoms with Gasteiger partial charge in [-0.15, -0.1) is 0 Å². The molecule has 0 aromatic rings. The second kappa shape index (κ2) is 65.6. The van der Waals surface area contributed by atoms with Gasteiger partial charge in [0, 0.05) is 6.42 Å². The minimum atomic E-state index is -0.848. The van der Waals surface area contributed by atoms with Gasteiger partial charge in [-0.05, 0) is 77.0 Å². The van der Waals surface area contributed by atoms with Crippen molar-refractivity contribution in [3.05, 3.63) is 97.2 Å². The monoisotopic (exact) mass is 1040 g/mol. The molecule has 0 aromatic carbocycles. The van der Waals surface area contributed by atoms with E-state index in [1.807, 2.05) is 6.08 Å². The van der Waals surface area contributed by atoms with Gasteiger partial charge >= 0.3 is 0 Å². The highest BCUT2D eigenvalue weighted by Gasteiger charge is 2.18. The molecule has 4 nitrogen and oxygen atoms in total. The number of carbonyl (C=O) groups is 1. The fraction of sp³-hybridized carbons (Fsp3) is 0.761. The van der Waals surface area contributed by atoms with Gasteiger partial charge < -0.3 is 15.5 Å². The van der Waals surface area contributed by atoms with E-state index in [-0.39, 0.29) is 12.5 Å². The van der Waals surface area contributed by atoms with Crippen molar-refractivity contribution >= 4 is 5.91 Å². The van der Waals surface area contributed by atoms with E-state index in [1.165, 1.54) is 238 Å². The zero-order valence-electron chi connectivity index (χ0n) is 50.1. The van der Waals surface area contributed by atoms with Crippen LogP contribution in [0.2, 0.25) is 0 Å². The molecule has 0 heterocycles. The summed E-state index contributed by atoms with van der Waals surface area (Å²) in [5.41, 5.74) is 0. The summed E-state index contributed by atoms with van der Waals surface area (Å²) < 4.78 is 0. The maximum Gasteiger partial charge on any atom is 0.220 e. The molecule has 2 atom stereocenters. The van der Waals surface area contributed by atoms with Gasteiger partial charge in [-0.1, -0.05) is 342 Å². The van der Waals surface area contributed by atoms with Crippen molar-refractivity contribution in [3.8, 4) is 0 Å². The van der Waals surface area contributed by atoms with Crippen molar-refractivity contribution in [2.45, 2.75) is 341 Å². The Bertz CT molecular complexity index is 1370. The van der Waals surface area contributed by atoms with Gasteiger partial charge in [0.25, 0.3) is 0 Å². The SMILES string of the molecule is CC/C=C\C/C=C\C/C=C\C/C=C\C/C=C\C/C=C\C/C=C\CCCCCCCCCCCCCC(=O)NC(CO)C(O)/C=C/CCCCCCCCCCCCCCCCCCCCCCCCCCCCCC. The van der Waals surface area contributed by atoms with E-state index < -0.39 is 12.1 Å². The van der Waals surface area contributed by atoms with Crippen molar-refractivity contribution in [2.75, 3.05) is 6.61 Å². The van der Waals surface area contributed by atoms with Crippen LogP contribution in [0.15, 0.2) is 97.2 Å². The second-order valence-corrected chi connectivity index (χ2v) is 22.2. The van der Waals surface area contributed by atoms with Crippen LogP contribution in [0.4, 0.5) is 0 Å². The van der Waals surface area contributed by atoms with Crippen LogP contribution in [0.5, 0.6) is 0 Å². The van der Waals surface area contributed by atoms with Crippen molar-refractivity contribution in [1.29, 1.82) is 0 Å². The molecule has 0 rings (SSSR count). The number of carbonyl (C=O) groups excluding carboxylic acids is 1. The van der Waals surface area contributed by atoms with Crippen molar-refractivity contribution in [2.24, 2.45) is 0 Å². The van der Waals surface area contributed by atoms with Gasteiger partial charge in [0.05, 0.1) is 18.8 Å². The Balaban J connectivity index is 3.51. The summed E-state index contributed by atoms with van der Waals surface area (Å²) in [5, 5.41) is 23.3. The van der Waals surface area contributed by atoms with Crippen LogP contribution in [-0.4, -0.2) is 34.9 Å². The summed E-state index contributed by atoms with van der Waals surface area (Å²) in [6, 6.07) is -0.632. The third kappa shape index (κ3) is 62.0. The molecule has 0 aliphatic heterocycles. The van der Waals surface area contributed by atoms with Gasteiger partial charge in [-0.3, -0.25) is 4.79 Å². The summed E-state index contributed by atoms with van der Waals surface area (Å²) in [6.07, 6.45) is 97.5. The first-order chi connectivity index (χ1) is 37.2. The van der Waals surface area contributed by atoms with E-state index >= 15 is 0 Å². The number of rotatable bonds is 60. The van der Waals surface area contributed by atoms with E-state index in [2.05, 4.69) is 104 Å². The normalized spacial score (nSPS) is 13.4. The van der Waals surface area contributed by atoms with Gasteiger partial charge in [0.2, 0.25) is 5.91 Å². The number of allylic oxidation sites excluding steroid dienone is 15. The fourth-order valence-electron chi connectivity index (χ4n) is 9.87. The number of unbranched alkanes of at least 4 members (excludes halogenated alkanes) is 39. The number of aliphatic hydroxyl groups excluding tert-OH is 2. The lowest BCUT2D eigenvalue weighted by Crippen LogP contribution is -2.45. The Kier molecular flexibility index (Phi) is 63.2. The Labute approximate surface area is 468 Å². The molecule has 75 heavy (non-hydrogen) atoms. The average molecular weight is 1040 g/mol. The summed E-state index contributed by atoms with van der Waals surface area (Å²) in [6.45, 7) is 4.22. The molecule has 4 heteroatoms. The Morgan fingerprint density at radius 3 is 0.880 bits per heavy atom. The number of aliphatic hydroxyl groups is 2. The maximum atomic E-state index is 12.5. The van der Waals surface area contributed by atoms with Gasteiger partial charge in [0.15, 0.2) is 0 Å². The molecule has 1 amide bonds. The van der Waals surface area contributed by atoms with Crippen LogP contribution in [0.1, 0.15) is 328 Å². The van der Waals surface area contributed by atoms with Crippen LogP contribution < -0.4 is 5.32 Å². The number of hydrogen-bond acceptors (Lipinski definition) is 3. The highest BCUT2D eigenvalue weighted by Crippen LogP contribution is 2.18. The predicted molar refractivity (Wildman–Crippen MR) is 336 cm³/mol. The minimum absolute atomic E-state index is 0.0670. The number of amides is 1. The summed E-state index contributed by atoms with van der Waals surface area (Å²) in [5.74, 6) is -0.0670. The molecule has 0 aliphatic carbocycles. The molecule has 0 saturated heterocycles. The number of nitrogens with one attached hydrogen (secondary N) is 1. The largest absolute Gasteiger partial charge is 0.394 e. The first-order valence-corrected chi connectivity index (χ1v) is 33.0. The van der Waals surface area contributed by atoms with E-state index in [0.29, 0.717) is 6.42 Å². The summed E-state index contributed by atoms with van der Waals surface area (Å²) >= 11 is 0. The van der Waals surface area contributed by atoms with Crippen molar-refractivity contribution in [3.63, 3.8) is 0 Å². The molecule has 0 spiro atoms. The third-order valence-electron chi connectivity index (χ3n) is 14.8. The molecule has 0 fully saturated rings. The molecule has 0 radical (unpaired) electrons. The zero-order valence-corrected chi connectivity index (χ0v) is 50.1. The lowest BCUT2D eigenvalue weighted by Gasteiger charge is -2.20. The summed E-state index contributed by atoms with van der Waals surface area (Å²) in [4.78, 5) is 12.5. The van der Waals surface area contributed by atoms with E-state index in [9.17, 15) is 15.0 Å². The van der Waals surface area contributed by atoms with Crippen LogP contribution in [0, 0.1) is 0 Å². The zero-order chi connectivity index (χ0) is 54.1. The molecule has 0 saturated carbocycles. The minimum Gasteiger partial charge on any atom is -0.394 e. The first-order valence-electron chi connectivity index (χ1n) is 33.0. The molecule has 0 aliphatic rings. The molecule has 0 bridgehead atoms. The van der Waals surface area contributed by atoms with Crippen LogP contribution >= 0.6 is 0 Å². The molecular formula is C71H127NO3. The van der Waals surface area contributed by atoms with E-state index in [4.69, 9.17) is 0 Å². The molecular weight excluding hydrogens is 915 g/mol.